The minimum Gasteiger partial charge on any atom is -0.337 e. The molecule has 0 fully saturated rings. The van der Waals surface area contributed by atoms with Crippen molar-refractivity contribution in [3.63, 3.8) is 0 Å². The molecule has 0 N–H and O–H groups in total. The summed E-state index contributed by atoms with van der Waals surface area (Å²) in [5.74, 6) is -0.943. The van der Waals surface area contributed by atoms with Crippen LogP contribution in [0.1, 0.15) is 31.8 Å². The number of nitrogens with zero attached hydrogens (tertiary/aromatic N) is 2. The fraction of sp³-hybridized carbons (Fsp3) is 0.118. The monoisotopic (exact) mass is 296 g/mol. The van der Waals surface area contributed by atoms with Gasteiger partial charge >= 0.3 is 0 Å². The van der Waals surface area contributed by atoms with Crippen LogP contribution >= 0.6 is 0 Å². The van der Waals surface area contributed by atoms with Gasteiger partial charge in [0.25, 0.3) is 5.91 Å². The summed E-state index contributed by atoms with van der Waals surface area (Å²) in [5, 5.41) is 8.70. The minimum absolute atomic E-state index is 0.0379. The van der Waals surface area contributed by atoms with Gasteiger partial charge in [0, 0.05) is 19.2 Å². The van der Waals surface area contributed by atoms with E-state index in [1.165, 1.54) is 17.0 Å². The second-order valence-corrected chi connectivity index (χ2v) is 4.79. The van der Waals surface area contributed by atoms with E-state index in [0.29, 0.717) is 23.0 Å². The second-order valence-electron chi connectivity index (χ2n) is 4.79. The number of amides is 1. The lowest BCUT2D eigenvalue weighted by Gasteiger charge is -2.18. The number of carbonyl (C=O) groups is 2. The molecule has 0 aliphatic heterocycles. The molecule has 2 rings (SSSR count). The van der Waals surface area contributed by atoms with Gasteiger partial charge in [-0.2, -0.15) is 5.26 Å². The van der Waals surface area contributed by atoms with Crippen LogP contribution in [0.3, 0.4) is 0 Å². The van der Waals surface area contributed by atoms with E-state index < -0.39 is 5.82 Å². The predicted molar refractivity (Wildman–Crippen MR) is 78.7 cm³/mol. The van der Waals surface area contributed by atoms with Gasteiger partial charge in [0.15, 0.2) is 6.29 Å². The molecule has 0 aliphatic carbocycles. The van der Waals surface area contributed by atoms with Gasteiger partial charge in [-0.25, -0.2) is 4.39 Å². The van der Waals surface area contributed by atoms with Gasteiger partial charge in [-0.15, -0.1) is 0 Å². The summed E-state index contributed by atoms with van der Waals surface area (Å²) in [6, 6.07) is 12.4. The van der Waals surface area contributed by atoms with E-state index in [2.05, 4.69) is 0 Å². The third-order valence-electron chi connectivity index (χ3n) is 3.24. The van der Waals surface area contributed by atoms with Crippen molar-refractivity contribution in [3.05, 3.63) is 70.5 Å². The van der Waals surface area contributed by atoms with Crippen molar-refractivity contribution in [1.82, 2.24) is 4.90 Å². The topological polar surface area (TPSA) is 61.2 Å². The van der Waals surface area contributed by atoms with Crippen LogP contribution in [0.15, 0.2) is 42.5 Å². The van der Waals surface area contributed by atoms with Gasteiger partial charge in [-0.1, -0.05) is 24.3 Å². The number of nitriles is 1. The summed E-state index contributed by atoms with van der Waals surface area (Å²) in [6.45, 7) is 0.175. The quantitative estimate of drug-likeness (QED) is 0.815. The van der Waals surface area contributed by atoms with Crippen molar-refractivity contribution < 1.29 is 14.0 Å². The first-order valence-corrected chi connectivity index (χ1v) is 6.55. The van der Waals surface area contributed by atoms with Gasteiger partial charge in [0.2, 0.25) is 0 Å². The third kappa shape index (κ3) is 3.18. The van der Waals surface area contributed by atoms with Crippen LogP contribution in [0.4, 0.5) is 4.39 Å². The van der Waals surface area contributed by atoms with Crippen molar-refractivity contribution in [3.8, 4) is 6.07 Å². The Kier molecular flexibility index (Phi) is 4.64. The van der Waals surface area contributed by atoms with Crippen LogP contribution in [0.5, 0.6) is 0 Å². The summed E-state index contributed by atoms with van der Waals surface area (Å²) >= 11 is 0. The Bertz CT molecular complexity index is 765. The molecule has 0 heterocycles. The number of hydrogen-bond acceptors (Lipinski definition) is 3. The van der Waals surface area contributed by atoms with E-state index in [4.69, 9.17) is 5.26 Å². The van der Waals surface area contributed by atoms with E-state index in [1.54, 1.807) is 43.4 Å². The number of carbonyl (C=O) groups excluding carboxylic acids is 2. The smallest absolute Gasteiger partial charge is 0.254 e. The Morgan fingerprint density at radius 3 is 2.68 bits per heavy atom. The van der Waals surface area contributed by atoms with E-state index in [-0.39, 0.29) is 18.0 Å². The van der Waals surface area contributed by atoms with Crippen LogP contribution in [-0.2, 0) is 6.54 Å². The Labute approximate surface area is 127 Å². The highest BCUT2D eigenvalue weighted by Gasteiger charge is 2.16. The molecule has 2 aromatic rings. The molecule has 0 saturated heterocycles. The van der Waals surface area contributed by atoms with Gasteiger partial charge in [-0.3, -0.25) is 9.59 Å². The maximum atomic E-state index is 13.6. The van der Waals surface area contributed by atoms with Crippen LogP contribution in [0.2, 0.25) is 0 Å². The summed E-state index contributed by atoms with van der Waals surface area (Å²) in [5.41, 5.74) is 1.14. The van der Waals surface area contributed by atoms with Crippen LogP contribution in [-0.4, -0.2) is 24.1 Å². The number of benzene rings is 2. The first-order valence-electron chi connectivity index (χ1n) is 6.55. The van der Waals surface area contributed by atoms with Crippen molar-refractivity contribution >= 4 is 12.2 Å². The molecule has 22 heavy (non-hydrogen) atoms. The Morgan fingerprint density at radius 1 is 1.32 bits per heavy atom. The molecule has 0 unspecified atom stereocenters. The highest BCUT2D eigenvalue weighted by Crippen LogP contribution is 2.14. The first-order chi connectivity index (χ1) is 10.6. The SMILES string of the molecule is CN(Cc1ccc(C#N)c(F)c1)C(=O)c1ccccc1C=O. The number of rotatable bonds is 4. The molecule has 110 valence electrons. The molecular formula is C17H13FN2O2. The fourth-order valence-corrected chi connectivity index (χ4v) is 2.09. The summed E-state index contributed by atoms with van der Waals surface area (Å²) in [4.78, 5) is 24.7. The Hall–Kier alpha value is -3.00. The maximum Gasteiger partial charge on any atom is 0.254 e. The maximum absolute atomic E-state index is 13.6. The summed E-state index contributed by atoms with van der Waals surface area (Å²) < 4.78 is 13.6. The molecule has 1 amide bonds. The molecule has 4 nitrogen and oxygen atoms in total. The van der Waals surface area contributed by atoms with Crippen LogP contribution in [0.25, 0.3) is 0 Å². The van der Waals surface area contributed by atoms with E-state index in [0.717, 1.165) is 0 Å². The van der Waals surface area contributed by atoms with Crippen molar-refractivity contribution in [2.75, 3.05) is 7.05 Å². The molecule has 0 atom stereocenters. The molecule has 2 aromatic carbocycles. The number of aldehydes is 1. The molecule has 0 spiro atoms. The van der Waals surface area contributed by atoms with Crippen LogP contribution < -0.4 is 0 Å². The zero-order valence-electron chi connectivity index (χ0n) is 11.9. The Morgan fingerprint density at radius 2 is 2.05 bits per heavy atom. The van der Waals surface area contributed by atoms with Gasteiger partial charge in [0.05, 0.1) is 11.1 Å². The van der Waals surface area contributed by atoms with Gasteiger partial charge < -0.3 is 4.90 Å². The minimum atomic E-state index is -0.617. The average molecular weight is 296 g/mol. The molecule has 0 aromatic heterocycles. The number of halogens is 1. The molecule has 5 heteroatoms. The molecule has 0 radical (unpaired) electrons. The fourth-order valence-electron chi connectivity index (χ4n) is 2.09. The highest BCUT2D eigenvalue weighted by atomic mass is 19.1. The standard InChI is InChI=1S/C17H13FN2O2/c1-20(10-12-6-7-13(9-19)16(18)8-12)17(22)15-5-3-2-4-14(15)11-21/h2-8,11H,10H2,1H3. The van der Waals surface area contributed by atoms with Gasteiger partial charge in [-0.05, 0) is 23.8 Å². The largest absolute Gasteiger partial charge is 0.337 e. The zero-order chi connectivity index (χ0) is 16.1. The molecule has 0 aliphatic rings. The zero-order valence-corrected chi connectivity index (χ0v) is 11.9. The summed E-state index contributed by atoms with van der Waals surface area (Å²) in [6.07, 6.45) is 0.627. The summed E-state index contributed by atoms with van der Waals surface area (Å²) in [7, 11) is 1.57. The lowest BCUT2D eigenvalue weighted by atomic mass is 10.1. The normalized spacial score (nSPS) is 9.86. The average Bonchev–Trinajstić information content (AvgIpc) is 2.54. The molecule has 0 saturated carbocycles. The van der Waals surface area contributed by atoms with Crippen molar-refractivity contribution in [1.29, 1.82) is 5.26 Å². The number of hydrogen-bond donors (Lipinski definition) is 0. The first kappa shape index (κ1) is 15.4. The Balaban J connectivity index is 2.20. The van der Waals surface area contributed by atoms with Crippen molar-refractivity contribution in [2.45, 2.75) is 6.54 Å². The van der Waals surface area contributed by atoms with E-state index >= 15 is 0 Å². The van der Waals surface area contributed by atoms with E-state index in [1.807, 2.05) is 0 Å². The lowest BCUT2D eigenvalue weighted by molar-refractivity contribution is 0.0782. The molecular weight excluding hydrogens is 283 g/mol. The third-order valence-corrected chi connectivity index (χ3v) is 3.24. The predicted octanol–water partition coefficient (Wildman–Crippen LogP) is 2.78. The second kappa shape index (κ2) is 6.64. The molecule has 0 bridgehead atoms. The van der Waals surface area contributed by atoms with E-state index in [9.17, 15) is 14.0 Å². The highest BCUT2D eigenvalue weighted by molar-refractivity contribution is 6.01. The van der Waals surface area contributed by atoms with Gasteiger partial charge in [0.1, 0.15) is 11.9 Å². The van der Waals surface area contributed by atoms with Crippen molar-refractivity contribution in [2.24, 2.45) is 0 Å². The van der Waals surface area contributed by atoms with Crippen LogP contribution in [0, 0.1) is 17.1 Å². The lowest BCUT2D eigenvalue weighted by Crippen LogP contribution is -2.27.